The van der Waals surface area contributed by atoms with Crippen LogP contribution < -0.4 is 5.32 Å². The van der Waals surface area contributed by atoms with Gasteiger partial charge in [-0.2, -0.15) is 0 Å². The highest BCUT2D eigenvalue weighted by Gasteiger charge is 2.15. The Morgan fingerprint density at radius 1 is 0.913 bits per heavy atom. The van der Waals surface area contributed by atoms with Gasteiger partial charge >= 0.3 is 0 Å². The summed E-state index contributed by atoms with van der Waals surface area (Å²) in [6.07, 6.45) is 3.52. The van der Waals surface area contributed by atoms with Gasteiger partial charge in [0.25, 0.3) is 0 Å². The van der Waals surface area contributed by atoms with Crippen LogP contribution >= 0.6 is 0 Å². The molecule has 4 nitrogen and oxygen atoms in total. The Hall–Kier alpha value is -3.14. The molecule has 0 spiro atoms. The smallest absolute Gasteiger partial charge is 0.221 e. The van der Waals surface area contributed by atoms with Crippen molar-refractivity contribution in [2.45, 2.75) is 6.92 Å². The van der Waals surface area contributed by atoms with E-state index in [0.717, 1.165) is 16.8 Å². The highest BCUT2D eigenvalue weighted by atomic mass is 16.1. The third-order valence-electron chi connectivity index (χ3n) is 3.54. The first-order valence-electron chi connectivity index (χ1n) is 7.29. The average molecular weight is 304 g/mol. The Morgan fingerprint density at radius 2 is 1.61 bits per heavy atom. The zero-order valence-corrected chi connectivity index (χ0v) is 12.7. The Labute approximate surface area is 134 Å². The van der Waals surface area contributed by atoms with Crippen molar-refractivity contribution in [1.82, 2.24) is 4.98 Å². The van der Waals surface area contributed by atoms with Gasteiger partial charge in [-0.05, 0) is 17.7 Å². The van der Waals surface area contributed by atoms with E-state index in [1.165, 1.54) is 6.92 Å². The molecule has 0 aliphatic carbocycles. The quantitative estimate of drug-likeness (QED) is 0.719. The lowest BCUT2D eigenvalue weighted by Gasteiger charge is -2.06. The summed E-state index contributed by atoms with van der Waals surface area (Å²) < 4.78 is 0. The largest absolute Gasteiger partial charge is 0.366 e. The second-order valence-electron chi connectivity index (χ2n) is 5.24. The third-order valence-corrected chi connectivity index (χ3v) is 3.54. The van der Waals surface area contributed by atoms with Crippen LogP contribution in [0.25, 0.3) is 11.1 Å². The monoisotopic (exact) mass is 304 g/mol. The first-order valence-corrected chi connectivity index (χ1v) is 7.29. The van der Waals surface area contributed by atoms with E-state index in [1.807, 2.05) is 48.7 Å². The number of amides is 1. The van der Waals surface area contributed by atoms with Crippen molar-refractivity contribution >= 4 is 17.4 Å². The number of H-pyrrole nitrogens is 1. The van der Waals surface area contributed by atoms with Crippen molar-refractivity contribution in [3.05, 3.63) is 78.1 Å². The SMILES string of the molecule is CC(=O)Nc1ccc(-c2c[nH]cc2C(=O)c2ccccc2)cc1. The average Bonchev–Trinajstić information content (AvgIpc) is 3.05. The number of nitrogens with one attached hydrogen (secondary N) is 2. The molecule has 3 rings (SSSR count). The van der Waals surface area contributed by atoms with E-state index in [1.54, 1.807) is 18.3 Å². The number of aromatic amines is 1. The molecule has 2 aromatic carbocycles. The number of anilines is 1. The molecule has 1 amide bonds. The lowest BCUT2D eigenvalue weighted by Crippen LogP contribution is -2.05. The van der Waals surface area contributed by atoms with Crippen molar-refractivity contribution in [2.75, 3.05) is 5.32 Å². The van der Waals surface area contributed by atoms with E-state index < -0.39 is 0 Å². The molecule has 2 N–H and O–H groups in total. The Kier molecular flexibility index (Phi) is 4.06. The fourth-order valence-corrected chi connectivity index (χ4v) is 2.47. The van der Waals surface area contributed by atoms with E-state index in [9.17, 15) is 9.59 Å². The summed E-state index contributed by atoms with van der Waals surface area (Å²) in [5.41, 5.74) is 3.77. The fourth-order valence-electron chi connectivity index (χ4n) is 2.47. The van der Waals surface area contributed by atoms with Crippen molar-refractivity contribution in [2.24, 2.45) is 0 Å². The second kappa shape index (κ2) is 6.32. The van der Waals surface area contributed by atoms with Crippen LogP contribution in [0.4, 0.5) is 5.69 Å². The van der Waals surface area contributed by atoms with Gasteiger partial charge in [-0.25, -0.2) is 0 Å². The molecule has 0 atom stereocenters. The highest BCUT2D eigenvalue weighted by molar-refractivity contribution is 6.12. The number of rotatable bonds is 4. The van der Waals surface area contributed by atoms with Gasteiger partial charge in [0.05, 0.1) is 0 Å². The number of ketones is 1. The number of hydrogen-bond donors (Lipinski definition) is 2. The number of hydrogen-bond acceptors (Lipinski definition) is 2. The van der Waals surface area contributed by atoms with Gasteiger partial charge in [0.1, 0.15) is 0 Å². The normalized spacial score (nSPS) is 10.3. The maximum atomic E-state index is 12.6. The van der Waals surface area contributed by atoms with E-state index in [0.29, 0.717) is 11.1 Å². The minimum Gasteiger partial charge on any atom is -0.366 e. The summed E-state index contributed by atoms with van der Waals surface area (Å²) in [4.78, 5) is 26.7. The molecule has 23 heavy (non-hydrogen) atoms. The molecule has 0 radical (unpaired) electrons. The summed E-state index contributed by atoms with van der Waals surface area (Å²) in [5, 5.41) is 2.73. The predicted molar refractivity (Wildman–Crippen MR) is 90.4 cm³/mol. The number of carbonyl (C=O) groups is 2. The van der Waals surface area contributed by atoms with Crippen LogP contribution in [0, 0.1) is 0 Å². The van der Waals surface area contributed by atoms with Crippen LogP contribution in [0.1, 0.15) is 22.8 Å². The molecule has 4 heteroatoms. The summed E-state index contributed by atoms with van der Waals surface area (Å²) in [5.74, 6) is -0.132. The summed E-state index contributed by atoms with van der Waals surface area (Å²) in [6, 6.07) is 16.6. The van der Waals surface area contributed by atoms with Gasteiger partial charge in [-0.1, -0.05) is 42.5 Å². The zero-order chi connectivity index (χ0) is 16.2. The predicted octanol–water partition coefficient (Wildman–Crippen LogP) is 3.87. The molecule has 0 bridgehead atoms. The fraction of sp³-hybridized carbons (Fsp3) is 0.0526. The third kappa shape index (κ3) is 3.21. The number of carbonyl (C=O) groups excluding carboxylic acids is 2. The van der Waals surface area contributed by atoms with Crippen LogP contribution in [-0.2, 0) is 4.79 Å². The van der Waals surface area contributed by atoms with Gasteiger partial charge in [-0.3, -0.25) is 9.59 Å². The number of aromatic nitrogens is 1. The van der Waals surface area contributed by atoms with Crippen molar-refractivity contribution in [1.29, 1.82) is 0 Å². The zero-order valence-electron chi connectivity index (χ0n) is 12.7. The molecular formula is C19H16N2O2. The van der Waals surface area contributed by atoms with Gasteiger partial charge in [-0.15, -0.1) is 0 Å². The first kappa shape index (κ1) is 14.8. The maximum absolute atomic E-state index is 12.6. The molecule has 0 saturated heterocycles. The van der Waals surface area contributed by atoms with Gasteiger partial charge in [0.2, 0.25) is 5.91 Å². The summed E-state index contributed by atoms with van der Waals surface area (Å²) in [6.45, 7) is 1.47. The highest BCUT2D eigenvalue weighted by Crippen LogP contribution is 2.26. The standard InChI is InChI=1S/C19H16N2O2/c1-13(22)21-16-9-7-14(8-10-16)17-11-20-12-18(17)19(23)15-5-3-2-4-6-15/h2-12,20H,1H3,(H,21,22). The maximum Gasteiger partial charge on any atom is 0.221 e. The molecule has 0 aliphatic rings. The minimum absolute atomic E-state index is 0.0206. The second-order valence-corrected chi connectivity index (χ2v) is 5.24. The van der Waals surface area contributed by atoms with Crippen LogP contribution in [-0.4, -0.2) is 16.7 Å². The van der Waals surface area contributed by atoms with Crippen LogP contribution in [0.5, 0.6) is 0 Å². The lowest BCUT2D eigenvalue weighted by molar-refractivity contribution is -0.114. The lowest BCUT2D eigenvalue weighted by atomic mass is 9.98. The minimum atomic E-state index is -0.112. The molecule has 114 valence electrons. The molecule has 1 heterocycles. The molecule has 0 unspecified atom stereocenters. The first-order chi connectivity index (χ1) is 11.1. The molecule has 3 aromatic rings. The molecule has 1 aromatic heterocycles. The van der Waals surface area contributed by atoms with Crippen molar-refractivity contribution in [3.63, 3.8) is 0 Å². The Balaban J connectivity index is 1.92. The van der Waals surface area contributed by atoms with E-state index >= 15 is 0 Å². The molecular weight excluding hydrogens is 288 g/mol. The van der Waals surface area contributed by atoms with Crippen LogP contribution in [0.15, 0.2) is 67.0 Å². The van der Waals surface area contributed by atoms with Gasteiger partial charge in [0, 0.05) is 41.7 Å². The van der Waals surface area contributed by atoms with Gasteiger partial charge in [0.15, 0.2) is 5.78 Å². The van der Waals surface area contributed by atoms with Crippen LogP contribution in [0.3, 0.4) is 0 Å². The van der Waals surface area contributed by atoms with E-state index in [-0.39, 0.29) is 11.7 Å². The molecule has 0 saturated carbocycles. The number of benzene rings is 2. The molecule has 0 aliphatic heterocycles. The van der Waals surface area contributed by atoms with Crippen LogP contribution in [0.2, 0.25) is 0 Å². The van der Waals surface area contributed by atoms with E-state index in [2.05, 4.69) is 10.3 Å². The van der Waals surface area contributed by atoms with E-state index in [4.69, 9.17) is 0 Å². The van der Waals surface area contributed by atoms with Crippen molar-refractivity contribution < 1.29 is 9.59 Å². The Bertz CT molecular complexity index is 833. The summed E-state index contributed by atoms with van der Waals surface area (Å²) >= 11 is 0. The topological polar surface area (TPSA) is 62.0 Å². The van der Waals surface area contributed by atoms with Crippen molar-refractivity contribution in [3.8, 4) is 11.1 Å². The molecule has 0 fully saturated rings. The van der Waals surface area contributed by atoms with Gasteiger partial charge < -0.3 is 10.3 Å². The Morgan fingerprint density at radius 3 is 2.26 bits per heavy atom. The summed E-state index contributed by atoms with van der Waals surface area (Å²) in [7, 11) is 0.